The lowest BCUT2D eigenvalue weighted by molar-refractivity contribution is -0.274. The van der Waals surface area contributed by atoms with Crippen LogP contribution < -0.4 is 15.1 Å². The van der Waals surface area contributed by atoms with Gasteiger partial charge >= 0.3 is 6.36 Å². The second-order valence-electron chi connectivity index (χ2n) is 14.3. The number of hydrogen-bond acceptors (Lipinski definition) is 7. The van der Waals surface area contributed by atoms with E-state index in [1.54, 1.807) is 85.8 Å². The first-order valence-corrected chi connectivity index (χ1v) is 17.8. The number of fused-ring (bicyclic) bond motifs is 4. The molecule has 0 spiro atoms. The summed E-state index contributed by atoms with van der Waals surface area (Å²) in [6, 6.07) is 23.4. The van der Waals surface area contributed by atoms with E-state index >= 15 is 4.79 Å². The van der Waals surface area contributed by atoms with E-state index in [1.807, 2.05) is 6.92 Å². The third kappa shape index (κ3) is 5.45. The number of alkyl halides is 3. The number of ether oxygens (including phenoxy) is 1. The highest BCUT2D eigenvalue weighted by Crippen LogP contribution is 2.65. The van der Waals surface area contributed by atoms with Crippen LogP contribution in [0, 0.1) is 37.5 Å². The van der Waals surface area contributed by atoms with Crippen molar-refractivity contribution in [3.8, 4) is 11.5 Å². The molecule has 2 aliphatic heterocycles. The number of anilines is 2. The molecular weight excluding hydrogens is 723 g/mol. The normalized spacial score (nSPS) is 26.3. The minimum absolute atomic E-state index is 0.0456. The highest BCUT2D eigenvalue weighted by molar-refractivity contribution is 6.32. The van der Waals surface area contributed by atoms with Gasteiger partial charge in [-0.15, -0.1) is 13.2 Å². The summed E-state index contributed by atoms with van der Waals surface area (Å²) in [4.78, 5) is 59.7. The molecule has 4 aromatic carbocycles. The number of carbonyl (C=O) groups excluding carboxylic acids is 4. The Morgan fingerprint density at radius 2 is 1.59 bits per heavy atom. The molecule has 9 nitrogen and oxygen atoms in total. The van der Waals surface area contributed by atoms with E-state index in [0.717, 1.165) is 39.2 Å². The number of imide groups is 2. The first kappa shape index (κ1) is 35.4. The molecule has 4 aromatic rings. The zero-order chi connectivity index (χ0) is 38.3. The van der Waals surface area contributed by atoms with E-state index in [0.29, 0.717) is 21.8 Å². The van der Waals surface area contributed by atoms with Crippen LogP contribution in [0.15, 0.2) is 103 Å². The standard InChI is InChI=1S/C41H33ClF3N3O6/c1-21-8-11-24(12-9-21)46-48-37(51)31-20-29-27(15-16-28-34(29)38(52)47(36(28)50)25-13-10-22(2)32(42)18-25)35(40(31,39(48)53)23-6-4-3-5-7-23)30-19-26(14-17-33(30)49)54-41(43,44)45/h3-15,17-19,28-29,31,34-35,46,49H,16,20H2,1-2H3/t28-,29+,31-,34-,35+,40+/m0/s1. The summed E-state index contributed by atoms with van der Waals surface area (Å²) in [7, 11) is 0. The van der Waals surface area contributed by atoms with Crippen LogP contribution in [0.3, 0.4) is 0 Å². The summed E-state index contributed by atoms with van der Waals surface area (Å²) in [5.41, 5.74) is 4.31. The van der Waals surface area contributed by atoms with Crippen LogP contribution >= 0.6 is 11.6 Å². The first-order chi connectivity index (χ1) is 25.7. The molecule has 54 heavy (non-hydrogen) atoms. The maximum absolute atomic E-state index is 15.2. The quantitative estimate of drug-likeness (QED) is 0.153. The second kappa shape index (κ2) is 12.8. The SMILES string of the molecule is Cc1ccc(NN2C(=O)[C@@H]3C[C@@H]4C(=CC[C@@H]5C(=O)N(c6ccc(C)c(Cl)c6)C(=O)[C@@H]54)[C@H](c4cc(OC(F)(F)F)ccc4O)[C@]3(c3ccccc3)C2=O)cc1. The number of allylic oxidation sites excluding steroid dienone is 2. The molecule has 13 heteroatoms. The third-order valence-corrected chi connectivity index (χ3v) is 11.8. The Morgan fingerprint density at radius 3 is 2.28 bits per heavy atom. The number of phenols is 1. The number of nitrogens with one attached hydrogen (secondary N) is 1. The van der Waals surface area contributed by atoms with Gasteiger partial charge in [-0.05, 0) is 86.2 Å². The third-order valence-electron chi connectivity index (χ3n) is 11.4. The maximum Gasteiger partial charge on any atom is 0.573 e. The summed E-state index contributed by atoms with van der Waals surface area (Å²) in [5.74, 6) is -8.45. The average Bonchev–Trinajstić information content (AvgIpc) is 3.52. The minimum atomic E-state index is -5.08. The van der Waals surface area contributed by atoms with Crippen molar-refractivity contribution in [3.05, 3.63) is 130 Å². The fourth-order valence-electron chi connectivity index (χ4n) is 9.03. The summed E-state index contributed by atoms with van der Waals surface area (Å²) >= 11 is 6.41. The molecule has 0 bridgehead atoms. The van der Waals surface area contributed by atoms with E-state index in [2.05, 4.69) is 10.2 Å². The second-order valence-corrected chi connectivity index (χ2v) is 14.7. The number of amides is 4. The number of hydrazine groups is 1. The molecule has 2 aliphatic carbocycles. The van der Waals surface area contributed by atoms with Gasteiger partial charge in [0.1, 0.15) is 11.5 Å². The lowest BCUT2D eigenvalue weighted by Gasteiger charge is -2.50. The van der Waals surface area contributed by atoms with Gasteiger partial charge in [0.25, 0.3) is 11.8 Å². The van der Waals surface area contributed by atoms with Gasteiger partial charge in [-0.1, -0.05) is 77.3 Å². The Kier molecular flexibility index (Phi) is 8.37. The largest absolute Gasteiger partial charge is 0.573 e. The van der Waals surface area contributed by atoms with Crippen molar-refractivity contribution in [2.24, 2.45) is 23.7 Å². The molecular formula is C41H33ClF3N3O6. The predicted molar refractivity (Wildman–Crippen MR) is 192 cm³/mol. The van der Waals surface area contributed by atoms with Gasteiger partial charge in [-0.3, -0.25) is 24.6 Å². The van der Waals surface area contributed by atoms with Gasteiger partial charge in [-0.2, -0.15) is 5.01 Å². The molecule has 8 rings (SSSR count). The summed E-state index contributed by atoms with van der Waals surface area (Å²) in [6.45, 7) is 3.67. The van der Waals surface area contributed by atoms with Gasteiger partial charge in [0, 0.05) is 16.5 Å². The number of aromatic hydroxyl groups is 1. The van der Waals surface area contributed by atoms with Crippen molar-refractivity contribution in [1.29, 1.82) is 0 Å². The van der Waals surface area contributed by atoms with E-state index in [-0.39, 0.29) is 24.1 Å². The van der Waals surface area contributed by atoms with Gasteiger partial charge in [-0.25, -0.2) is 4.90 Å². The smallest absolute Gasteiger partial charge is 0.508 e. The first-order valence-electron chi connectivity index (χ1n) is 17.4. The van der Waals surface area contributed by atoms with Crippen LogP contribution in [0.5, 0.6) is 11.5 Å². The predicted octanol–water partition coefficient (Wildman–Crippen LogP) is 7.75. The lowest BCUT2D eigenvalue weighted by Crippen LogP contribution is -2.53. The fraction of sp³-hybridized carbons (Fsp3) is 0.268. The number of halogens is 4. The molecule has 0 radical (unpaired) electrons. The molecule has 1 saturated carbocycles. The van der Waals surface area contributed by atoms with E-state index in [1.165, 1.54) is 0 Å². The summed E-state index contributed by atoms with van der Waals surface area (Å²) < 4.78 is 45.1. The molecule has 4 aliphatic rings. The van der Waals surface area contributed by atoms with Gasteiger partial charge in [0.05, 0.1) is 34.5 Å². The molecule has 0 aromatic heterocycles. The Balaban J connectivity index is 1.33. The van der Waals surface area contributed by atoms with Crippen molar-refractivity contribution in [2.75, 3.05) is 10.3 Å². The summed E-state index contributed by atoms with van der Waals surface area (Å²) in [5, 5.41) is 12.8. The zero-order valence-corrected chi connectivity index (χ0v) is 29.7. The molecule has 276 valence electrons. The van der Waals surface area contributed by atoms with Gasteiger partial charge < -0.3 is 9.84 Å². The van der Waals surface area contributed by atoms with E-state index in [9.17, 15) is 32.7 Å². The minimum Gasteiger partial charge on any atom is -0.508 e. The Hall–Kier alpha value is -5.62. The van der Waals surface area contributed by atoms with E-state index in [4.69, 9.17) is 11.6 Å². The average molecular weight is 756 g/mol. The Morgan fingerprint density at radius 1 is 0.870 bits per heavy atom. The molecule has 6 atom stereocenters. The number of rotatable bonds is 6. The zero-order valence-electron chi connectivity index (χ0n) is 28.9. The highest BCUT2D eigenvalue weighted by atomic mass is 35.5. The number of benzene rings is 4. The van der Waals surface area contributed by atoms with Crippen LogP contribution in [-0.4, -0.2) is 40.1 Å². The maximum atomic E-state index is 15.2. The van der Waals surface area contributed by atoms with Crippen LogP contribution in [0.1, 0.15) is 41.0 Å². The highest BCUT2D eigenvalue weighted by Gasteiger charge is 2.70. The van der Waals surface area contributed by atoms with E-state index < -0.39 is 76.5 Å². The van der Waals surface area contributed by atoms with Gasteiger partial charge in [0.15, 0.2) is 0 Å². The molecule has 3 fully saturated rings. The topological polar surface area (TPSA) is 116 Å². The van der Waals surface area contributed by atoms with Gasteiger partial charge in [0.2, 0.25) is 11.8 Å². The number of aryl methyl sites for hydroxylation is 2. The summed E-state index contributed by atoms with van der Waals surface area (Å²) in [6.07, 6.45) is -3.31. The van der Waals surface area contributed by atoms with Crippen molar-refractivity contribution < 1.29 is 42.2 Å². The Bertz CT molecular complexity index is 2260. The number of phenolic OH excluding ortho intramolecular Hbond substituents is 1. The molecule has 0 unspecified atom stereocenters. The van der Waals surface area contributed by atoms with Crippen LogP contribution in [-0.2, 0) is 24.6 Å². The monoisotopic (exact) mass is 755 g/mol. The number of hydrogen-bond donors (Lipinski definition) is 2. The van der Waals surface area contributed by atoms with Crippen molar-refractivity contribution in [2.45, 2.75) is 44.4 Å². The Labute approximate surface area is 312 Å². The molecule has 2 heterocycles. The van der Waals surface area contributed by atoms with Crippen LogP contribution in [0.25, 0.3) is 0 Å². The molecule has 2 saturated heterocycles. The number of carbonyl (C=O) groups is 4. The van der Waals surface area contributed by atoms with Crippen molar-refractivity contribution in [3.63, 3.8) is 0 Å². The molecule has 4 amide bonds. The lowest BCUT2D eigenvalue weighted by atomic mass is 9.49. The number of nitrogens with zero attached hydrogens (tertiary/aromatic N) is 2. The van der Waals surface area contributed by atoms with Crippen LogP contribution in [0.4, 0.5) is 24.5 Å². The van der Waals surface area contributed by atoms with Crippen molar-refractivity contribution >= 4 is 46.6 Å². The fourth-order valence-corrected chi connectivity index (χ4v) is 9.20. The van der Waals surface area contributed by atoms with Crippen LogP contribution in [0.2, 0.25) is 5.02 Å². The molecule has 2 N–H and O–H groups in total. The van der Waals surface area contributed by atoms with Crippen molar-refractivity contribution in [1.82, 2.24) is 5.01 Å².